The van der Waals surface area contributed by atoms with E-state index in [4.69, 9.17) is 9.31 Å². The van der Waals surface area contributed by atoms with Gasteiger partial charge in [0, 0.05) is 35.1 Å². The number of nitrogens with one attached hydrogen (secondary N) is 3. The topological polar surface area (TPSA) is 105 Å². The molecule has 0 unspecified atom stereocenters. The van der Waals surface area contributed by atoms with Crippen molar-refractivity contribution in [2.75, 3.05) is 0 Å². The van der Waals surface area contributed by atoms with Crippen LogP contribution in [0.4, 0.5) is 0 Å². The van der Waals surface area contributed by atoms with Crippen molar-refractivity contribution in [1.82, 2.24) is 20.6 Å². The minimum Gasteiger partial charge on any atom is -0.404 e. The molecule has 2 aliphatic rings. The summed E-state index contributed by atoms with van der Waals surface area (Å²) in [5.74, 6) is -0.420. The van der Waals surface area contributed by atoms with Crippen LogP contribution in [0, 0.1) is 17.3 Å². The van der Waals surface area contributed by atoms with E-state index in [-0.39, 0.29) is 41.1 Å². The Morgan fingerprint density at radius 2 is 1.84 bits per heavy atom. The number of amides is 2. The van der Waals surface area contributed by atoms with E-state index in [0.29, 0.717) is 18.4 Å². The van der Waals surface area contributed by atoms with Gasteiger partial charge in [0.05, 0.1) is 28.7 Å². The number of H-pyrrole nitrogens is 1. The first-order valence-electron chi connectivity index (χ1n) is 16.3. The molecule has 1 aliphatic carbocycles. The molecule has 8 nitrogen and oxygen atoms in total. The summed E-state index contributed by atoms with van der Waals surface area (Å²) in [7, 11) is -0.572. The number of benzene rings is 2. The van der Waals surface area contributed by atoms with Gasteiger partial charge in [0.1, 0.15) is 6.04 Å². The Kier molecular flexibility index (Phi) is 8.52. The average molecular weight is 609 g/mol. The zero-order chi connectivity index (χ0) is 31.9. The second-order valence-corrected chi connectivity index (χ2v) is 14.3. The number of aromatic nitrogens is 2. The monoisotopic (exact) mass is 608 g/mol. The second-order valence-electron chi connectivity index (χ2n) is 14.3. The molecule has 1 saturated heterocycles. The molecule has 9 heteroatoms. The second kappa shape index (κ2) is 12.3. The maximum Gasteiger partial charge on any atom is 0.481 e. The van der Waals surface area contributed by atoms with Gasteiger partial charge in [0.25, 0.3) is 5.91 Å². The molecule has 2 amide bonds. The molecule has 5 atom stereocenters. The highest BCUT2D eigenvalue weighted by atomic mass is 16.7. The lowest BCUT2D eigenvalue weighted by Gasteiger charge is -2.49. The molecule has 3 N–H and O–H groups in total. The Morgan fingerprint density at radius 1 is 1.09 bits per heavy atom. The van der Waals surface area contributed by atoms with Crippen LogP contribution in [-0.2, 0) is 20.5 Å². The zero-order valence-corrected chi connectivity index (χ0v) is 27.2. The van der Waals surface area contributed by atoms with E-state index in [1.807, 2.05) is 60.8 Å². The quantitative estimate of drug-likeness (QED) is 0.195. The Balaban J connectivity index is 1.26. The highest BCUT2D eigenvalue weighted by molar-refractivity contribution is 6.47. The van der Waals surface area contributed by atoms with Crippen molar-refractivity contribution >= 4 is 40.7 Å². The zero-order valence-electron chi connectivity index (χ0n) is 27.2. The highest BCUT2D eigenvalue weighted by Crippen LogP contribution is 2.52. The van der Waals surface area contributed by atoms with Gasteiger partial charge in [-0.25, -0.2) is 0 Å². The molecule has 3 heterocycles. The van der Waals surface area contributed by atoms with Crippen LogP contribution in [-0.4, -0.2) is 52.6 Å². The van der Waals surface area contributed by atoms with Crippen LogP contribution in [0.2, 0.25) is 0 Å². The summed E-state index contributed by atoms with van der Waals surface area (Å²) in [5, 5.41) is 8.19. The molecule has 2 aromatic heterocycles. The lowest BCUT2D eigenvalue weighted by Crippen LogP contribution is -2.56. The number of pyridine rings is 1. The minimum atomic E-state index is -0.838. The van der Waals surface area contributed by atoms with Crippen molar-refractivity contribution in [3.05, 3.63) is 78.1 Å². The molecule has 2 aromatic carbocycles. The number of hydrogen-bond donors (Lipinski definition) is 3. The predicted octanol–water partition coefficient (Wildman–Crippen LogP) is 6.25. The van der Waals surface area contributed by atoms with Crippen LogP contribution in [0.1, 0.15) is 76.7 Å². The summed E-state index contributed by atoms with van der Waals surface area (Å²) in [6.45, 7) is 13.3. The van der Waals surface area contributed by atoms with Crippen molar-refractivity contribution in [2.45, 2.75) is 90.9 Å². The van der Waals surface area contributed by atoms with Gasteiger partial charge in [0.2, 0.25) is 5.91 Å². The molecule has 0 radical (unpaired) electrons. The number of hydrogen-bond acceptors (Lipinski definition) is 5. The van der Waals surface area contributed by atoms with Crippen molar-refractivity contribution in [1.29, 1.82) is 0 Å². The van der Waals surface area contributed by atoms with E-state index in [0.717, 1.165) is 40.2 Å². The maximum absolute atomic E-state index is 14.2. The first-order valence-corrected chi connectivity index (χ1v) is 16.3. The van der Waals surface area contributed by atoms with Gasteiger partial charge in [0.15, 0.2) is 0 Å². The number of rotatable bonds is 9. The van der Waals surface area contributed by atoms with Gasteiger partial charge in [-0.1, -0.05) is 71.0 Å². The van der Waals surface area contributed by atoms with Crippen molar-refractivity contribution < 1.29 is 18.9 Å². The molecular weight excluding hydrogens is 563 g/mol. The standard InChI is InChI=1S/C36H45BN4O4/c1-22(2)17-32(37-44-31-15-16-35(4,5)23(3)36(31,6)45-37)41-34(43)30(19-25-20-39-29-14-10-8-12-27(25)29)40-33(42)26-18-24-11-7-9-13-28(24)38-21-26/h7-14,18,20-23,30-32,39H,15-17,19H2,1-6H3,(H,40,42)(H,41,43)/t23-,30-,31+,32-,36-/m0/s1. The molecule has 45 heavy (non-hydrogen) atoms. The lowest BCUT2D eigenvalue weighted by atomic mass is 9.61. The third-order valence-electron chi connectivity index (χ3n) is 10.3. The fourth-order valence-corrected chi connectivity index (χ4v) is 7.25. The number of fused-ring (bicyclic) bond motifs is 3. The fourth-order valence-electron chi connectivity index (χ4n) is 7.25. The lowest BCUT2D eigenvalue weighted by molar-refractivity contribution is -0.123. The number of para-hydroxylation sites is 2. The predicted molar refractivity (Wildman–Crippen MR) is 179 cm³/mol. The maximum atomic E-state index is 14.2. The Morgan fingerprint density at radius 3 is 2.64 bits per heavy atom. The summed E-state index contributed by atoms with van der Waals surface area (Å²) >= 11 is 0. The molecule has 0 spiro atoms. The largest absolute Gasteiger partial charge is 0.481 e. The fraction of sp³-hybridized carbons (Fsp3) is 0.472. The van der Waals surface area contributed by atoms with Crippen LogP contribution in [0.5, 0.6) is 0 Å². The number of nitrogens with zero attached hydrogens (tertiary/aromatic N) is 1. The van der Waals surface area contributed by atoms with Gasteiger partial charge in [-0.05, 0) is 67.2 Å². The molecule has 4 aromatic rings. The highest BCUT2D eigenvalue weighted by Gasteiger charge is 2.59. The van der Waals surface area contributed by atoms with E-state index in [2.05, 4.69) is 62.1 Å². The third-order valence-corrected chi connectivity index (χ3v) is 10.3. The Hall–Kier alpha value is -3.69. The Bertz CT molecular complexity index is 1700. The Labute approximate surface area is 266 Å². The van der Waals surface area contributed by atoms with Crippen molar-refractivity contribution in [2.24, 2.45) is 17.3 Å². The smallest absolute Gasteiger partial charge is 0.404 e. The van der Waals surface area contributed by atoms with Crippen LogP contribution in [0.25, 0.3) is 21.8 Å². The molecular formula is C36H45BN4O4. The molecule has 2 fully saturated rings. The molecule has 236 valence electrons. The van der Waals surface area contributed by atoms with E-state index in [9.17, 15) is 9.59 Å². The summed E-state index contributed by atoms with van der Waals surface area (Å²) in [4.78, 5) is 35.6. The molecule has 1 aliphatic heterocycles. The first kappa shape index (κ1) is 31.3. The van der Waals surface area contributed by atoms with Gasteiger partial charge in [-0.2, -0.15) is 0 Å². The van der Waals surface area contributed by atoms with Crippen LogP contribution in [0.15, 0.2) is 67.0 Å². The number of carbonyl (C=O) groups is 2. The van der Waals surface area contributed by atoms with Crippen LogP contribution < -0.4 is 10.6 Å². The van der Waals surface area contributed by atoms with Gasteiger partial charge in [-0.3, -0.25) is 14.6 Å². The van der Waals surface area contributed by atoms with E-state index in [1.54, 1.807) is 6.20 Å². The van der Waals surface area contributed by atoms with E-state index in [1.165, 1.54) is 0 Å². The number of aromatic amines is 1. The van der Waals surface area contributed by atoms with Gasteiger partial charge in [-0.15, -0.1) is 0 Å². The SMILES string of the molecule is CC(C)C[C@H](NC(=O)[C@H](Cc1c[nH]c2ccccc12)NC(=O)c1cnc2ccccc2c1)B1O[C@@H]2CCC(C)(C)[C@H](C)[C@]2(C)O1. The van der Waals surface area contributed by atoms with Gasteiger partial charge < -0.3 is 24.9 Å². The molecule has 0 bridgehead atoms. The van der Waals surface area contributed by atoms with Crippen molar-refractivity contribution in [3.8, 4) is 0 Å². The van der Waals surface area contributed by atoms with Crippen molar-refractivity contribution in [3.63, 3.8) is 0 Å². The van der Waals surface area contributed by atoms with E-state index >= 15 is 0 Å². The summed E-state index contributed by atoms with van der Waals surface area (Å²) in [5.41, 5.74) is 2.84. The van der Waals surface area contributed by atoms with Crippen LogP contribution >= 0.6 is 0 Å². The molecule has 1 saturated carbocycles. The average Bonchev–Trinajstić information content (AvgIpc) is 3.59. The molecule has 6 rings (SSSR count). The number of carbonyl (C=O) groups excluding carboxylic acids is 2. The summed E-state index contributed by atoms with van der Waals surface area (Å²) in [6.07, 6.45) is 6.43. The minimum absolute atomic E-state index is 0.0285. The van der Waals surface area contributed by atoms with Crippen LogP contribution in [0.3, 0.4) is 0 Å². The van der Waals surface area contributed by atoms with E-state index < -0.39 is 18.8 Å². The third kappa shape index (κ3) is 6.25. The summed E-state index contributed by atoms with van der Waals surface area (Å²) < 4.78 is 13.4. The normalized spacial score (nSPS) is 24.0. The van der Waals surface area contributed by atoms with Gasteiger partial charge >= 0.3 is 7.12 Å². The first-order chi connectivity index (χ1) is 21.4. The summed E-state index contributed by atoms with van der Waals surface area (Å²) in [6, 6.07) is 16.6.